The molecule has 0 saturated carbocycles. The lowest BCUT2D eigenvalue weighted by Crippen LogP contribution is -2.37. The van der Waals surface area contributed by atoms with E-state index in [0.29, 0.717) is 18.4 Å². The van der Waals surface area contributed by atoms with Gasteiger partial charge in [-0.25, -0.2) is 0 Å². The Balaban J connectivity index is 2.24. The molecule has 1 aromatic rings. The molecule has 0 atom stereocenters. The van der Waals surface area contributed by atoms with E-state index in [0.717, 1.165) is 32.4 Å². The fourth-order valence-electron chi connectivity index (χ4n) is 2.34. The number of nitrogens with zero attached hydrogens (tertiary/aromatic N) is 5. The number of amides is 1. The minimum atomic E-state index is -0.0786. The van der Waals surface area contributed by atoms with E-state index in [4.69, 9.17) is 5.73 Å². The van der Waals surface area contributed by atoms with Crippen molar-refractivity contribution in [2.75, 3.05) is 48.8 Å². The molecule has 1 amide bonds. The van der Waals surface area contributed by atoms with Crippen molar-refractivity contribution in [2.24, 2.45) is 0 Å². The van der Waals surface area contributed by atoms with Gasteiger partial charge in [-0.3, -0.25) is 4.79 Å². The Morgan fingerprint density at radius 2 is 2.05 bits per heavy atom. The quantitative estimate of drug-likeness (QED) is 0.762. The van der Waals surface area contributed by atoms with Gasteiger partial charge in [-0.2, -0.15) is 15.0 Å². The number of anilines is 3. The van der Waals surface area contributed by atoms with Crippen molar-refractivity contribution in [1.29, 1.82) is 0 Å². The van der Waals surface area contributed by atoms with Gasteiger partial charge in [-0.05, 0) is 19.3 Å². The summed E-state index contributed by atoms with van der Waals surface area (Å²) in [6, 6.07) is 0. The highest BCUT2D eigenvalue weighted by Crippen LogP contribution is 2.19. The summed E-state index contributed by atoms with van der Waals surface area (Å²) in [4.78, 5) is 28.5. The van der Waals surface area contributed by atoms with Crippen LogP contribution in [0.3, 0.4) is 0 Å². The average Bonchev–Trinajstić information content (AvgIpc) is 3.00. The van der Waals surface area contributed by atoms with Gasteiger partial charge in [0.2, 0.25) is 23.8 Å². The smallest absolute Gasteiger partial charge is 0.239 e. The zero-order valence-corrected chi connectivity index (χ0v) is 12.7. The summed E-state index contributed by atoms with van der Waals surface area (Å²) in [5, 5.41) is 2.61. The number of rotatable bonds is 6. The van der Waals surface area contributed by atoms with E-state index >= 15 is 0 Å². The van der Waals surface area contributed by atoms with Gasteiger partial charge in [0.25, 0.3) is 0 Å². The first-order valence-corrected chi connectivity index (χ1v) is 7.36. The highest BCUT2D eigenvalue weighted by Gasteiger charge is 2.19. The second-order valence-corrected chi connectivity index (χ2v) is 5.08. The van der Waals surface area contributed by atoms with Crippen LogP contribution in [0.25, 0.3) is 0 Å². The predicted octanol–water partition coefficient (Wildman–Crippen LogP) is 0.0164. The van der Waals surface area contributed by atoms with Gasteiger partial charge in [0.15, 0.2) is 0 Å². The molecule has 21 heavy (non-hydrogen) atoms. The molecule has 0 radical (unpaired) electrons. The number of carbonyl (C=O) groups excluding carboxylic acids is 1. The first-order chi connectivity index (χ1) is 10.1. The third-order valence-electron chi connectivity index (χ3n) is 3.41. The molecule has 2 rings (SSSR count). The summed E-state index contributed by atoms with van der Waals surface area (Å²) >= 11 is 0. The molecule has 0 aliphatic carbocycles. The molecule has 0 bridgehead atoms. The van der Waals surface area contributed by atoms with E-state index in [9.17, 15) is 4.79 Å². The van der Waals surface area contributed by atoms with Crippen LogP contribution in [-0.4, -0.2) is 54.1 Å². The summed E-state index contributed by atoms with van der Waals surface area (Å²) in [5.41, 5.74) is 5.81. The number of hydrogen-bond acceptors (Lipinski definition) is 7. The van der Waals surface area contributed by atoms with Crippen molar-refractivity contribution in [1.82, 2.24) is 20.3 Å². The lowest BCUT2D eigenvalue weighted by molar-refractivity contribution is -0.119. The van der Waals surface area contributed by atoms with Gasteiger partial charge in [0.05, 0.1) is 6.54 Å². The van der Waals surface area contributed by atoms with Gasteiger partial charge in [0, 0.05) is 26.7 Å². The second kappa shape index (κ2) is 7.05. The van der Waals surface area contributed by atoms with Crippen LogP contribution in [0.2, 0.25) is 0 Å². The van der Waals surface area contributed by atoms with E-state index in [-0.39, 0.29) is 18.4 Å². The van der Waals surface area contributed by atoms with Crippen LogP contribution in [0.4, 0.5) is 17.8 Å². The predicted molar refractivity (Wildman–Crippen MR) is 82.3 cm³/mol. The van der Waals surface area contributed by atoms with Gasteiger partial charge in [-0.1, -0.05) is 6.92 Å². The lowest BCUT2D eigenvalue weighted by atomic mass is 10.4. The van der Waals surface area contributed by atoms with E-state index in [1.165, 1.54) is 0 Å². The summed E-state index contributed by atoms with van der Waals surface area (Å²) in [5.74, 6) is 1.19. The Labute approximate surface area is 124 Å². The van der Waals surface area contributed by atoms with Crippen molar-refractivity contribution in [3.05, 3.63) is 0 Å². The molecule has 1 aromatic heterocycles. The Hall–Kier alpha value is -2.12. The zero-order valence-electron chi connectivity index (χ0n) is 12.7. The van der Waals surface area contributed by atoms with Gasteiger partial charge in [-0.15, -0.1) is 0 Å². The summed E-state index contributed by atoms with van der Waals surface area (Å²) < 4.78 is 0. The van der Waals surface area contributed by atoms with Crippen molar-refractivity contribution >= 4 is 23.8 Å². The first-order valence-electron chi connectivity index (χ1n) is 7.36. The molecule has 3 N–H and O–H groups in total. The summed E-state index contributed by atoms with van der Waals surface area (Å²) in [7, 11) is 1.61. The molecule has 1 fully saturated rings. The molecule has 1 aliphatic heterocycles. The molecule has 2 heterocycles. The minimum Gasteiger partial charge on any atom is -0.368 e. The van der Waals surface area contributed by atoms with Crippen molar-refractivity contribution < 1.29 is 4.79 Å². The molecule has 8 heteroatoms. The molecule has 1 saturated heterocycles. The largest absolute Gasteiger partial charge is 0.368 e. The van der Waals surface area contributed by atoms with Crippen LogP contribution in [-0.2, 0) is 4.79 Å². The average molecular weight is 293 g/mol. The van der Waals surface area contributed by atoms with Crippen molar-refractivity contribution in [2.45, 2.75) is 26.2 Å². The maximum atomic E-state index is 11.6. The number of likely N-dealkylation sites (N-methyl/N-ethyl adjacent to an activating group) is 1. The Morgan fingerprint density at radius 3 is 2.67 bits per heavy atom. The third kappa shape index (κ3) is 3.93. The van der Waals surface area contributed by atoms with Gasteiger partial charge < -0.3 is 20.9 Å². The number of nitrogens with one attached hydrogen (secondary N) is 1. The lowest BCUT2D eigenvalue weighted by Gasteiger charge is -2.23. The summed E-state index contributed by atoms with van der Waals surface area (Å²) in [6.45, 7) is 4.82. The Kier molecular flexibility index (Phi) is 5.13. The number of nitrogens with two attached hydrogens (primary N) is 1. The topological polar surface area (TPSA) is 100 Å². The molecule has 0 spiro atoms. The van der Waals surface area contributed by atoms with Crippen molar-refractivity contribution in [3.8, 4) is 0 Å². The summed E-state index contributed by atoms with van der Waals surface area (Å²) in [6.07, 6.45) is 3.16. The van der Waals surface area contributed by atoms with Crippen LogP contribution in [0.5, 0.6) is 0 Å². The zero-order chi connectivity index (χ0) is 15.2. The molecule has 8 nitrogen and oxygen atoms in total. The molecule has 1 aliphatic rings. The molecular weight excluding hydrogens is 270 g/mol. The standard InChI is InChI=1S/C13H23N7O/c1-3-6-20(9-10(21)15-2)13-17-11(14)16-12(18-13)19-7-4-5-8-19/h3-9H2,1-2H3,(H,15,21)(H2,14,16,17,18). The van der Waals surface area contributed by atoms with Gasteiger partial charge in [0.1, 0.15) is 0 Å². The molecule has 0 aromatic carbocycles. The van der Waals surface area contributed by atoms with Crippen LogP contribution < -0.4 is 20.9 Å². The highest BCUT2D eigenvalue weighted by atomic mass is 16.1. The number of nitrogen functional groups attached to an aromatic ring is 1. The SMILES string of the molecule is CCCN(CC(=O)NC)c1nc(N)nc(N2CCCC2)n1. The molecule has 0 unspecified atom stereocenters. The van der Waals surface area contributed by atoms with E-state index < -0.39 is 0 Å². The van der Waals surface area contributed by atoms with E-state index in [1.807, 2.05) is 11.8 Å². The number of carbonyl (C=O) groups is 1. The fraction of sp³-hybridized carbons (Fsp3) is 0.692. The van der Waals surface area contributed by atoms with Crippen LogP contribution in [0.15, 0.2) is 0 Å². The van der Waals surface area contributed by atoms with E-state index in [2.05, 4.69) is 25.2 Å². The molecular formula is C13H23N7O. The third-order valence-corrected chi connectivity index (χ3v) is 3.41. The monoisotopic (exact) mass is 293 g/mol. The molecule has 116 valence electrons. The Morgan fingerprint density at radius 1 is 1.33 bits per heavy atom. The van der Waals surface area contributed by atoms with Crippen LogP contribution >= 0.6 is 0 Å². The first kappa shape index (κ1) is 15.3. The number of aromatic nitrogens is 3. The number of hydrogen-bond donors (Lipinski definition) is 2. The highest BCUT2D eigenvalue weighted by molar-refractivity contribution is 5.80. The van der Waals surface area contributed by atoms with Crippen molar-refractivity contribution in [3.63, 3.8) is 0 Å². The fourth-order valence-corrected chi connectivity index (χ4v) is 2.34. The maximum absolute atomic E-state index is 11.6. The second-order valence-electron chi connectivity index (χ2n) is 5.08. The Bertz CT molecular complexity index is 487. The maximum Gasteiger partial charge on any atom is 0.239 e. The normalized spacial score (nSPS) is 14.3. The van der Waals surface area contributed by atoms with Gasteiger partial charge >= 0.3 is 0 Å². The minimum absolute atomic E-state index is 0.0786. The van der Waals surface area contributed by atoms with E-state index in [1.54, 1.807) is 7.05 Å². The van der Waals surface area contributed by atoms with Crippen LogP contribution in [0, 0.1) is 0 Å². The van der Waals surface area contributed by atoms with Crippen LogP contribution in [0.1, 0.15) is 26.2 Å².